The molecule has 0 radical (unpaired) electrons. The highest BCUT2D eigenvalue weighted by Gasteiger charge is 2.01. The highest BCUT2D eigenvalue weighted by Crippen LogP contribution is 2.18. The van der Waals surface area contributed by atoms with Crippen molar-refractivity contribution >= 4 is 11.8 Å². The summed E-state index contributed by atoms with van der Waals surface area (Å²) in [5.41, 5.74) is 3.98. The number of rotatable bonds is 5. The molecule has 3 heteroatoms. The number of nitrogens with one attached hydrogen (secondary N) is 1. The second-order valence-corrected chi connectivity index (χ2v) is 4.23. The fourth-order valence-electron chi connectivity index (χ4n) is 1.00. The smallest absolute Gasteiger partial charge is 0.0481 e. The minimum atomic E-state index is 0.168. The second kappa shape index (κ2) is 5.86. The Labute approximate surface area is 89.5 Å². The molecule has 0 aliphatic rings. The molecule has 0 amide bonds. The summed E-state index contributed by atoms with van der Waals surface area (Å²) in [6.07, 6.45) is 1.82. The van der Waals surface area contributed by atoms with Crippen LogP contribution in [0.4, 0.5) is 0 Å². The lowest BCUT2D eigenvalue weighted by atomic mass is 10.2. The Hall–Kier alpha value is -0.770. The topological polar surface area (TPSA) is 38.0 Å². The van der Waals surface area contributed by atoms with Crippen LogP contribution < -0.4 is 11.3 Å². The molecule has 3 N–H and O–H groups in total. The van der Waals surface area contributed by atoms with E-state index in [-0.39, 0.29) is 6.04 Å². The first-order chi connectivity index (χ1) is 6.76. The van der Waals surface area contributed by atoms with Gasteiger partial charge >= 0.3 is 0 Å². The van der Waals surface area contributed by atoms with Crippen LogP contribution in [0.1, 0.15) is 5.56 Å². The van der Waals surface area contributed by atoms with E-state index in [0.717, 1.165) is 5.75 Å². The van der Waals surface area contributed by atoms with Crippen LogP contribution in [0.25, 0.3) is 0 Å². The maximum absolute atomic E-state index is 5.34. The summed E-state index contributed by atoms with van der Waals surface area (Å²) in [7, 11) is 0. The zero-order valence-corrected chi connectivity index (χ0v) is 9.18. The summed E-state index contributed by atoms with van der Waals surface area (Å²) in [6, 6.07) is 8.64. The van der Waals surface area contributed by atoms with Crippen LogP contribution in [-0.4, -0.2) is 11.8 Å². The van der Waals surface area contributed by atoms with Crippen molar-refractivity contribution in [2.75, 3.05) is 5.75 Å². The van der Waals surface area contributed by atoms with E-state index in [2.05, 4.69) is 43.2 Å². The molecule has 1 aromatic carbocycles. The van der Waals surface area contributed by atoms with E-state index >= 15 is 0 Å². The van der Waals surface area contributed by atoms with Gasteiger partial charge in [-0.15, -0.1) is 18.3 Å². The molecule has 2 nitrogen and oxygen atoms in total. The summed E-state index contributed by atoms with van der Waals surface area (Å²) < 4.78 is 0. The minimum Gasteiger partial charge on any atom is -0.271 e. The van der Waals surface area contributed by atoms with Crippen molar-refractivity contribution in [2.45, 2.75) is 17.9 Å². The molecule has 14 heavy (non-hydrogen) atoms. The van der Waals surface area contributed by atoms with Crippen molar-refractivity contribution in [3.8, 4) is 0 Å². The number of thioether (sulfide) groups is 1. The highest BCUT2D eigenvalue weighted by molar-refractivity contribution is 7.99. The molecule has 1 rings (SSSR count). The van der Waals surface area contributed by atoms with E-state index in [1.165, 1.54) is 10.5 Å². The van der Waals surface area contributed by atoms with Gasteiger partial charge in [-0.2, -0.15) is 0 Å². The van der Waals surface area contributed by atoms with E-state index in [0.29, 0.717) is 0 Å². The van der Waals surface area contributed by atoms with Crippen LogP contribution in [0.5, 0.6) is 0 Å². The fraction of sp³-hybridized carbons (Fsp3) is 0.273. The van der Waals surface area contributed by atoms with Gasteiger partial charge in [-0.3, -0.25) is 11.3 Å². The van der Waals surface area contributed by atoms with Crippen molar-refractivity contribution in [3.05, 3.63) is 42.5 Å². The Morgan fingerprint density at radius 1 is 1.50 bits per heavy atom. The summed E-state index contributed by atoms with van der Waals surface area (Å²) in [5, 5.41) is 0. The van der Waals surface area contributed by atoms with Gasteiger partial charge in [0, 0.05) is 16.7 Å². The maximum Gasteiger partial charge on any atom is 0.0481 e. The standard InChI is InChI=1S/C11H16N2S/c1-3-10(13-12)8-14-11-6-4-9(2)5-7-11/h3-7,10,13H,1,8,12H2,2H3. The zero-order chi connectivity index (χ0) is 10.4. The molecular formula is C11H16N2S. The monoisotopic (exact) mass is 208 g/mol. The first-order valence-corrected chi connectivity index (χ1v) is 5.53. The highest BCUT2D eigenvalue weighted by atomic mass is 32.2. The number of nitrogens with two attached hydrogens (primary N) is 1. The molecule has 0 saturated carbocycles. The van der Waals surface area contributed by atoms with Crippen molar-refractivity contribution in [1.82, 2.24) is 5.43 Å². The molecule has 0 saturated heterocycles. The lowest BCUT2D eigenvalue weighted by molar-refractivity contribution is 0.678. The van der Waals surface area contributed by atoms with Crippen LogP contribution in [0.2, 0.25) is 0 Å². The molecule has 76 valence electrons. The van der Waals surface area contributed by atoms with Gasteiger partial charge in [0.15, 0.2) is 0 Å². The Morgan fingerprint density at radius 2 is 2.14 bits per heavy atom. The van der Waals surface area contributed by atoms with Gasteiger partial charge < -0.3 is 0 Å². The van der Waals surface area contributed by atoms with Crippen LogP contribution >= 0.6 is 11.8 Å². The Balaban J connectivity index is 2.45. The summed E-state index contributed by atoms with van der Waals surface area (Å²) in [4.78, 5) is 1.26. The molecule has 1 unspecified atom stereocenters. The van der Waals surface area contributed by atoms with Crippen LogP contribution in [-0.2, 0) is 0 Å². The number of hydrogen-bond acceptors (Lipinski definition) is 3. The molecule has 1 atom stereocenters. The Bertz CT molecular complexity index is 282. The second-order valence-electron chi connectivity index (χ2n) is 3.13. The molecular weight excluding hydrogens is 192 g/mol. The quantitative estimate of drug-likeness (QED) is 0.337. The van der Waals surface area contributed by atoms with Gasteiger partial charge in [-0.1, -0.05) is 23.8 Å². The van der Waals surface area contributed by atoms with Crippen LogP contribution in [0.15, 0.2) is 41.8 Å². The zero-order valence-electron chi connectivity index (χ0n) is 8.36. The average molecular weight is 208 g/mol. The summed E-state index contributed by atoms with van der Waals surface area (Å²) in [5.74, 6) is 6.24. The van der Waals surface area contributed by atoms with E-state index < -0.39 is 0 Å². The number of hydrogen-bond donors (Lipinski definition) is 2. The number of hydrazine groups is 1. The summed E-state index contributed by atoms with van der Waals surface area (Å²) >= 11 is 1.77. The average Bonchev–Trinajstić information content (AvgIpc) is 2.22. The molecule has 0 aliphatic heterocycles. The van der Waals surface area contributed by atoms with E-state index in [4.69, 9.17) is 5.84 Å². The molecule has 0 aromatic heterocycles. The van der Waals surface area contributed by atoms with Crippen molar-refractivity contribution in [1.29, 1.82) is 0 Å². The third-order valence-electron chi connectivity index (χ3n) is 1.95. The van der Waals surface area contributed by atoms with Gasteiger partial charge in [-0.25, -0.2) is 0 Å². The van der Waals surface area contributed by atoms with Crippen LogP contribution in [0, 0.1) is 6.92 Å². The van der Waals surface area contributed by atoms with Crippen molar-refractivity contribution in [2.24, 2.45) is 5.84 Å². The third kappa shape index (κ3) is 3.54. The predicted octanol–water partition coefficient (Wildman–Crippen LogP) is 2.11. The van der Waals surface area contributed by atoms with E-state index in [1.807, 2.05) is 6.08 Å². The Kier molecular flexibility index (Phi) is 4.73. The van der Waals surface area contributed by atoms with Crippen LogP contribution in [0.3, 0.4) is 0 Å². The van der Waals surface area contributed by atoms with Crippen molar-refractivity contribution < 1.29 is 0 Å². The Morgan fingerprint density at radius 3 is 2.64 bits per heavy atom. The lowest BCUT2D eigenvalue weighted by Gasteiger charge is -2.09. The normalized spacial score (nSPS) is 12.4. The minimum absolute atomic E-state index is 0.168. The molecule has 1 aromatic rings. The van der Waals surface area contributed by atoms with Gasteiger partial charge in [-0.05, 0) is 19.1 Å². The summed E-state index contributed by atoms with van der Waals surface area (Å²) in [6.45, 7) is 5.79. The molecule has 0 heterocycles. The van der Waals surface area contributed by atoms with Gasteiger partial charge in [0.1, 0.15) is 0 Å². The largest absolute Gasteiger partial charge is 0.271 e. The van der Waals surface area contributed by atoms with Gasteiger partial charge in [0.05, 0.1) is 0 Å². The number of benzene rings is 1. The molecule has 0 fully saturated rings. The fourth-order valence-corrected chi connectivity index (χ4v) is 1.94. The lowest BCUT2D eigenvalue weighted by Crippen LogP contribution is -2.35. The van der Waals surface area contributed by atoms with Gasteiger partial charge in [0.25, 0.3) is 0 Å². The van der Waals surface area contributed by atoms with E-state index in [9.17, 15) is 0 Å². The van der Waals surface area contributed by atoms with Gasteiger partial charge in [0.2, 0.25) is 0 Å². The third-order valence-corrected chi connectivity index (χ3v) is 3.08. The van der Waals surface area contributed by atoms with E-state index in [1.54, 1.807) is 11.8 Å². The first kappa shape index (κ1) is 11.3. The first-order valence-electron chi connectivity index (χ1n) is 4.54. The maximum atomic E-state index is 5.34. The van der Waals surface area contributed by atoms with Crippen molar-refractivity contribution in [3.63, 3.8) is 0 Å². The molecule has 0 spiro atoms. The number of aryl methyl sites for hydroxylation is 1. The molecule has 0 bridgehead atoms. The SMILES string of the molecule is C=CC(CSc1ccc(C)cc1)NN. The molecule has 0 aliphatic carbocycles. The predicted molar refractivity (Wildman–Crippen MR) is 63.2 cm³/mol.